The maximum Gasteiger partial charge on any atom is 0.0484 e. The number of aliphatic hydroxyl groups is 1. The van der Waals surface area contributed by atoms with Gasteiger partial charge in [-0.15, -0.1) is 0 Å². The first-order valence-electron chi connectivity index (χ1n) is 4.35. The molecule has 1 N–H and O–H groups in total. The molecule has 2 nitrogen and oxygen atoms in total. The van der Waals surface area contributed by atoms with E-state index in [4.69, 9.17) is 9.84 Å². The molecular weight excluding hydrogens is 140 g/mol. The van der Waals surface area contributed by atoms with Gasteiger partial charge in [0.15, 0.2) is 0 Å². The molecule has 0 atom stereocenters. The Hall–Kier alpha value is -0.0800. The van der Waals surface area contributed by atoms with Crippen LogP contribution in [0.3, 0.4) is 0 Å². The van der Waals surface area contributed by atoms with Crippen molar-refractivity contribution in [2.45, 2.75) is 26.7 Å². The summed E-state index contributed by atoms with van der Waals surface area (Å²) in [4.78, 5) is 0. The van der Waals surface area contributed by atoms with Crippen molar-refractivity contribution in [3.63, 3.8) is 0 Å². The summed E-state index contributed by atoms with van der Waals surface area (Å²) in [5.41, 5.74) is 0.0871. The van der Waals surface area contributed by atoms with Crippen LogP contribution in [0, 0.1) is 11.3 Å². The van der Waals surface area contributed by atoms with Crippen LogP contribution in [0.5, 0.6) is 0 Å². The van der Waals surface area contributed by atoms with Crippen LogP contribution in [0.15, 0.2) is 0 Å². The first-order chi connectivity index (χ1) is 5.17. The summed E-state index contributed by atoms with van der Waals surface area (Å²) >= 11 is 0. The topological polar surface area (TPSA) is 29.5 Å². The van der Waals surface area contributed by atoms with Gasteiger partial charge in [-0.2, -0.15) is 0 Å². The zero-order valence-corrected chi connectivity index (χ0v) is 7.47. The summed E-state index contributed by atoms with van der Waals surface area (Å²) < 4.78 is 5.26. The number of aliphatic hydroxyl groups excluding tert-OH is 1. The molecule has 0 unspecified atom stereocenters. The zero-order chi connectivity index (χ0) is 8.32. The van der Waals surface area contributed by atoms with Crippen LogP contribution in [0.25, 0.3) is 0 Å². The van der Waals surface area contributed by atoms with E-state index in [0.29, 0.717) is 5.92 Å². The second-order valence-corrected chi connectivity index (χ2v) is 4.03. The number of rotatable bonds is 2. The zero-order valence-electron chi connectivity index (χ0n) is 7.47. The molecule has 0 amide bonds. The van der Waals surface area contributed by atoms with E-state index in [9.17, 15) is 0 Å². The lowest BCUT2D eigenvalue weighted by Gasteiger charge is -2.35. The summed E-state index contributed by atoms with van der Waals surface area (Å²) in [6.07, 6.45) is 2.21. The van der Waals surface area contributed by atoms with Gasteiger partial charge in [0, 0.05) is 19.8 Å². The highest BCUT2D eigenvalue weighted by Gasteiger charge is 2.29. The molecule has 1 aliphatic rings. The van der Waals surface area contributed by atoms with Crippen LogP contribution in [0.2, 0.25) is 0 Å². The van der Waals surface area contributed by atoms with Crippen LogP contribution in [0.1, 0.15) is 26.7 Å². The number of hydrogen-bond acceptors (Lipinski definition) is 2. The monoisotopic (exact) mass is 158 g/mol. The van der Waals surface area contributed by atoms with Gasteiger partial charge >= 0.3 is 0 Å². The van der Waals surface area contributed by atoms with Crippen molar-refractivity contribution < 1.29 is 9.84 Å². The van der Waals surface area contributed by atoms with Crippen molar-refractivity contribution in [3.8, 4) is 0 Å². The van der Waals surface area contributed by atoms with Crippen molar-refractivity contribution in [1.29, 1.82) is 0 Å². The fraction of sp³-hybridized carbons (Fsp3) is 1.00. The number of ether oxygens (including phenoxy) is 1. The van der Waals surface area contributed by atoms with Crippen LogP contribution in [-0.2, 0) is 4.74 Å². The molecule has 0 aromatic carbocycles. The Morgan fingerprint density at radius 2 is 1.91 bits per heavy atom. The van der Waals surface area contributed by atoms with E-state index in [1.54, 1.807) is 0 Å². The minimum Gasteiger partial charge on any atom is -0.396 e. The van der Waals surface area contributed by atoms with Gasteiger partial charge in [-0.05, 0) is 24.2 Å². The van der Waals surface area contributed by atoms with Gasteiger partial charge in [-0.1, -0.05) is 13.8 Å². The summed E-state index contributed by atoms with van der Waals surface area (Å²) in [6.45, 7) is 6.28. The van der Waals surface area contributed by atoms with Crippen molar-refractivity contribution in [2.75, 3.05) is 19.8 Å². The van der Waals surface area contributed by atoms with Gasteiger partial charge in [-0.25, -0.2) is 0 Å². The van der Waals surface area contributed by atoms with Gasteiger partial charge in [0.25, 0.3) is 0 Å². The largest absolute Gasteiger partial charge is 0.396 e. The highest BCUT2D eigenvalue weighted by atomic mass is 16.5. The lowest BCUT2D eigenvalue weighted by atomic mass is 9.75. The summed E-state index contributed by atoms with van der Waals surface area (Å²) in [5.74, 6) is 0.640. The SMILES string of the molecule is CC(C)(CO)C1CCOCC1. The van der Waals surface area contributed by atoms with E-state index in [1.807, 2.05) is 0 Å². The van der Waals surface area contributed by atoms with E-state index in [2.05, 4.69) is 13.8 Å². The Morgan fingerprint density at radius 1 is 1.36 bits per heavy atom. The fourth-order valence-electron chi connectivity index (χ4n) is 1.61. The fourth-order valence-corrected chi connectivity index (χ4v) is 1.61. The van der Waals surface area contributed by atoms with Gasteiger partial charge in [0.05, 0.1) is 0 Å². The number of hydrogen-bond donors (Lipinski definition) is 1. The van der Waals surface area contributed by atoms with E-state index in [-0.39, 0.29) is 12.0 Å². The predicted octanol–water partition coefficient (Wildman–Crippen LogP) is 1.43. The molecule has 0 bridgehead atoms. The maximum absolute atomic E-state index is 9.11. The van der Waals surface area contributed by atoms with Crippen molar-refractivity contribution in [1.82, 2.24) is 0 Å². The second-order valence-electron chi connectivity index (χ2n) is 4.03. The predicted molar refractivity (Wildman–Crippen MR) is 44.4 cm³/mol. The van der Waals surface area contributed by atoms with Crippen molar-refractivity contribution in [3.05, 3.63) is 0 Å². The first kappa shape index (κ1) is 9.01. The third-order valence-electron chi connectivity index (χ3n) is 2.73. The quantitative estimate of drug-likeness (QED) is 0.658. The molecule has 66 valence electrons. The smallest absolute Gasteiger partial charge is 0.0484 e. The molecule has 1 fully saturated rings. The molecular formula is C9H18O2. The van der Waals surface area contributed by atoms with E-state index in [0.717, 1.165) is 26.1 Å². The Balaban J connectivity index is 2.43. The average molecular weight is 158 g/mol. The standard InChI is InChI=1S/C9H18O2/c1-9(2,7-10)8-3-5-11-6-4-8/h8,10H,3-7H2,1-2H3. The molecule has 1 rings (SSSR count). The van der Waals surface area contributed by atoms with Crippen molar-refractivity contribution >= 4 is 0 Å². The molecule has 0 aliphatic carbocycles. The second kappa shape index (κ2) is 3.55. The molecule has 0 radical (unpaired) electrons. The third-order valence-corrected chi connectivity index (χ3v) is 2.73. The first-order valence-corrected chi connectivity index (χ1v) is 4.35. The molecule has 0 saturated carbocycles. The molecule has 2 heteroatoms. The van der Waals surface area contributed by atoms with E-state index >= 15 is 0 Å². The van der Waals surface area contributed by atoms with Crippen LogP contribution >= 0.6 is 0 Å². The summed E-state index contributed by atoms with van der Waals surface area (Å²) in [5, 5.41) is 9.11. The Morgan fingerprint density at radius 3 is 2.36 bits per heavy atom. The van der Waals surface area contributed by atoms with Gasteiger partial charge < -0.3 is 9.84 Å². The van der Waals surface area contributed by atoms with Crippen LogP contribution in [-0.4, -0.2) is 24.9 Å². The normalized spacial score (nSPS) is 22.1. The lowest BCUT2D eigenvalue weighted by molar-refractivity contribution is 0.0000648. The third kappa shape index (κ3) is 2.17. The Labute approximate surface area is 68.6 Å². The van der Waals surface area contributed by atoms with E-state index in [1.165, 1.54) is 0 Å². The minimum absolute atomic E-state index is 0.0871. The maximum atomic E-state index is 9.11. The molecule has 0 aromatic heterocycles. The van der Waals surface area contributed by atoms with Crippen LogP contribution < -0.4 is 0 Å². The molecule has 1 saturated heterocycles. The molecule has 11 heavy (non-hydrogen) atoms. The lowest BCUT2D eigenvalue weighted by Crippen LogP contribution is -2.32. The van der Waals surface area contributed by atoms with Gasteiger partial charge in [0.2, 0.25) is 0 Å². The Kier molecular flexibility index (Phi) is 2.90. The molecule has 0 spiro atoms. The van der Waals surface area contributed by atoms with Gasteiger partial charge in [-0.3, -0.25) is 0 Å². The Bertz CT molecular complexity index is 115. The molecule has 1 aliphatic heterocycles. The summed E-state index contributed by atoms with van der Waals surface area (Å²) in [7, 11) is 0. The molecule has 1 heterocycles. The average Bonchev–Trinajstić information content (AvgIpc) is 2.06. The van der Waals surface area contributed by atoms with E-state index < -0.39 is 0 Å². The minimum atomic E-state index is 0.0871. The highest BCUT2D eigenvalue weighted by Crippen LogP contribution is 2.33. The summed E-state index contributed by atoms with van der Waals surface area (Å²) in [6, 6.07) is 0. The van der Waals surface area contributed by atoms with Crippen molar-refractivity contribution in [2.24, 2.45) is 11.3 Å². The molecule has 0 aromatic rings. The van der Waals surface area contributed by atoms with Gasteiger partial charge in [0.1, 0.15) is 0 Å². The van der Waals surface area contributed by atoms with Crippen LogP contribution in [0.4, 0.5) is 0 Å². The highest BCUT2D eigenvalue weighted by molar-refractivity contribution is 4.79.